The molecule has 0 spiro atoms. The number of carbonyl (C=O) groups is 1. The largest absolute Gasteiger partial charge is 0.481 e. The van der Waals surface area contributed by atoms with Crippen molar-refractivity contribution in [1.29, 1.82) is 0 Å². The lowest BCUT2D eigenvalue weighted by atomic mass is 9.88. The third kappa shape index (κ3) is 4.20. The summed E-state index contributed by atoms with van der Waals surface area (Å²) in [6.07, 6.45) is 4.43. The van der Waals surface area contributed by atoms with Crippen LogP contribution in [0.3, 0.4) is 0 Å². The molecule has 88 valence electrons. The first kappa shape index (κ1) is 12.5. The van der Waals surface area contributed by atoms with E-state index in [1.54, 1.807) is 0 Å². The highest BCUT2D eigenvalue weighted by atomic mass is 16.4. The molecular weight excluding hydrogens is 190 g/mol. The van der Waals surface area contributed by atoms with Crippen molar-refractivity contribution in [2.45, 2.75) is 39.5 Å². The van der Waals surface area contributed by atoms with Crippen LogP contribution in [0.2, 0.25) is 0 Å². The van der Waals surface area contributed by atoms with Gasteiger partial charge in [0.2, 0.25) is 0 Å². The SMILES string of the molecule is CCCN1CCC(CC(C)C(=O)O)CC1. The minimum Gasteiger partial charge on any atom is -0.481 e. The van der Waals surface area contributed by atoms with Gasteiger partial charge in [-0.05, 0) is 51.2 Å². The van der Waals surface area contributed by atoms with E-state index in [-0.39, 0.29) is 5.92 Å². The Hall–Kier alpha value is -0.570. The number of likely N-dealkylation sites (tertiary alicyclic amines) is 1. The highest BCUT2D eigenvalue weighted by molar-refractivity contribution is 5.69. The van der Waals surface area contributed by atoms with E-state index in [4.69, 9.17) is 5.11 Å². The van der Waals surface area contributed by atoms with E-state index < -0.39 is 5.97 Å². The highest BCUT2D eigenvalue weighted by Gasteiger charge is 2.22. The van der Waals surface area contributed by atoms with Crippen LogP contribution in [0.5, 0.6) is 0 Å². The summed E-state index contributed by atoms with van der Waals surface area (Å²) in [5, 5.41) is 8.84. The van der Waals surface area contributed by atoms with Gasteiger partial charge in [0.25, 0.3) is 0 Å². The van der Waals surface area contributed by atoms with Gasteiger partial charge in [0.1, 0.15) is 0 Å². The van der Waals surface area contributed by atoms with E-state index in [0.29, 0.717) is 5.92 Å². The van der Waals surface area contributed by atoms with Crippen molar-refractivity contribution < 1.29 is 9.90 Å². The van der Waals surface area contributed by atoms with E-state index in [0.717, 1.165) is 19.5 Å². The Kier molecular flexibility index (Phi) is 5.09. The smallest absolute Gasteiger partial charge is 0.306 e. The van der Waals surface area contributed by atoms with Crippen molar-refractivity contribution in [2.24, 2.45) is 11.8 Å². The normalized spacial score (nSPS) is 21.5. The second-order valence-corrected chi connectivity index (χ2v) is 4.76. The lowest BCUT2D eigenvalue weighted by molar-refractivity contribution is -0.141. The van der Waals surface area contributed by atoms with Crippen LogP contribution in [0.4, 0.5) is 0 Å². The molecule has 1 aliphatic rings. The first-order valence-electron chi connectivity index (χ1n) is 6.08. The number of rotatable bonds is 5. The zero-order valence-electron chi connectivity index (χ0n) is 9.91. The molecule has 1 fully saturated rings. The van der Waals surface area contributed by atoms with E-state index in [1.165, 1.54) is 25.8 Å². The summed E-state index contributed by atoms with van der Waals surface area (Å²) in [5.41, 5.74) is 0. The second kappa shape index (κ2) is 6.11. The summed E-state index contributed by atoms with van der Waals surface area (Å²) < 4.78 is 0. The first-order valence-corrected chi connectivity index (χ1v) is 6.08. The van der Waals surface area contributed by atoms with Gasteiger partial charge < -0.3 is 10.0 Å². The van der Waals surface area contributed by atoms with Gasteiger partial charge in [0.05, 0.1) is 5.92 Å². The molecule has 3 nitrogen and oxygen atoms in total. The molecule has 1 unspecified atom stereocenters. The fourth-order valence-electron chi connectivity index (χ4n) is 2.36. The monoisotopic (exact) mass is 213 g/mol. The summed E-state index contributed by atoms with van der Waals surface area (Å²) in [4.78, 5) is 13.2. The molecule has 1 N–H and O–H groups in total. The number of nitrogens with zero attached hydrogens (tertiary/aromatic N) is 1. The van der Waals surface area contributed by atoms with Crippen molar-refractivity contribution in [3.63, 3.8) is 0 Å². The minimum atomic E-state index is -0.647. The maximum atomic E-state index is 10.7. The zero-order valence-corrected chi connectivity index (χ0v) is 9.91. The predicted molar refractivity (Wildman–Crippen MR) is 60.9 cm³/mol. The van der Waals surface area contributed by atoms with Crippen LogP contribution < -0.4 is 0 Å². The standard InChI is InChI=1S/C12H23NO2/c1-3-6-13-7-4-11(5-8-13)9-10(2)12(14)15/h10-11H,3-9H2,1-2H3,(H,14,15). The lowest BCUT2D eigenvalue weighted by Crippen LogP contribution is -2.35. The number of carboxylic acids is 1. The second-order valence-electron chi connectivity index (χ2n) is 4.76. The molecule has 0 aliphatic carbocycles. The summed E-state index contributed by atoms with van der Waals surface area (Å²) >= 11 is 0. The fraction of sp³-hybridized carbons (Fsp3) is 0.917. The van der Waals surface area contributed by atoms with E-state index in [1.807, 2.05) is 6.92 Å². The molecule has 0 aromatic rings. The molecule has 0 bridgehead atoms. The molecule has 3 heteroatoms. The number of piperidine rings is 1. The molecule has 0 amide bonds. The number of aliphatic carboxylic acids is 1. The highest BCUT2D eigenvalue weighted by Crippen LogP contribution is 2.24. The minimum absolute atomic E-state index is 0.173. The maximum absolute atomic E-state index is 10.7. The van der Waals surface area contributed by atoms with Crippen LogP contribution >= 0.6 is 0 Å². The number of hydrogen-bond acceptors (Lipinski definition) is 2. The Morgan fingerprint density at radius 1 is 1.47 bits per heavy atom. The van der Waals surface area contributed by atoms with Crippen molar-refractivity contribution in [1.82, 2.24) is 4.90 Å². The van der Waals surface area contributed by atoms with Gasteiger partial charge in [-0.1, -0.05) is 13.8 Å². The Balaban J connectivity index is 2.22. The van der Waals surface area contributed by atoms with Crippen molar-refractivity contribution in [2.75, 3.05) is 19.6 Å². The summed E-state index contributed by atoms with van der Waals surface area (Å²) in [5.74, 6) is -0.192. The molecule has 1 saturated heterocycles. The summed E-state index contributed by atoms with van der Waals surface area (Å²) in [6, 6.07) is 0. The zero-order chi connectivity index (χ0) is 11.3. The van der Waals surface area contributed by atoms with Crippen molar-refractivity contribution in [3.8, 4) is 0 Å². The van der Waals surface area contributed by atoms with Gasteiger partial charge in [-0.15, -0.1) is 0 Å². The van der Waals surface area contributed by atoms with E-state index >= 15 is 0 Å². The molecule has 0 saturated carbocycles. The Labute approximate surface area is 92.5 Å². The van der Waals surface area contributed by atoms with Crippen molar-refractivity contribution in [3.05, 3.63) is 0 Å². The van der Waals surface area contributed by atoms with Gasteiger partial charge in [0, 0.05) is 0 Å². The Morgan fingerprint density at radius 3 is 2.53 bits per heavy atom. The van der Waals surface area contributed by atoms with Gasteiger partial charge in [-0.25, -0.2) is 0 Å². The molecule has 0 radical (unpaired) electrons. The van der Waals surface area contributed by atoms with Gasteiger partial charge in [0.15, 0.2) is 0 Å². The van der Waals surface area contributed by atoms with Gasteiger partial charge >= 0.3 is 5.97 Å². The molecule has 1 rings (SSSR count). The average Bonchev–Trinajstić information content (AvgIpc) is 2.21. The molecule has 0 aromatic heterocycles. The van der Waals surface area contributed by atoms with E-state index in [9.17, 15) is 4.79 Å². The van der Waals surface area contributed by atoms with Crippen LogP contribution in [0.25, 0.3) is 0 Å². The van der Waals surface area contributed by atoms with Crippen LogP contribution in [0.1, 0.15) is 39.5 Å². The topological polar surface area (TPSA) is 40.5 Å². The predicted octanol–water partition coefficient (Wildman–Crippen LogP) is 2.22. The maximum Gasteiger partial charge on any atom is 0.306 e. The van der Waals surface area contributed by atoms with Gasteiger partial charge in [-0.2, -0.15) is 0 Å². The van der Waals surface area contributed by atoms with Crippen molar-refractivity contribution >= 4 is 5.97 Å². The molecule has 15 heavy (non-hydrogen) atoms. The molecule has 1 aliphatic heterocycles. The summed E-state index contributed by atoms with van der Waals surface area (Å²) in [6.45, 7) is 7.54. The van der Waals surface area contributed by atoms with Gasteiger partial charge in [-0.3, -0.25) is 4.79 Å². The number of hydrogen-bond donors (Lipinski definition) is 1. The van der Waals surface area contributed by atoms with E-state index in [2.05, 4.69) is 11.8 Å². The Morgan fingerprint density at radius 2 is 2.07 bits per heavy atom. The Bertz CT molecular complexity index is 198. The molecule has 1 atom stereocenters. The fourth-order valence-corrected chi connectivity index (χ4v) is 2.36. The summed E-state index contributed by atoms with van der Waals surface area (Å²) in [7, 11) is 0. The average molecular weight is 213 g/mol. The quantitative estimate of drug-likeness (QED) is 0.761. The third-order valence-corrected chi connectivity index (χ3v) is 3.36. The molecular formula is C12H23NO2. The molecule has 0 aromatic carbocycles. The first-order chi connectivity index (χ1) is 7.13. The van der Waals surface area contributed by atoms with Crippen LogP contribution in [-0.2, 0) is 4.79 Å². The lowest BCUT2D eigenvalue weighted by Gasteiger charge is -2.32. The van der Waals surface area contributed by atoms with Crippen LogP contribution in [0.15, 0.2) is 0 Å². The van der Waals surface area contributed by atoms with Crippen LogP contribution in [-0.4, -0.2) is 35.6 Å². The molecule has 1 heterocycles. The third-order valence-electron chi connectivity index (χ3n) is 3.36. The number of carboxylic acid groups (broad SMARTS) is 1. The van der Waals surface area contributed by atoms with Crippen LogP contribution in [0, 0.1) is 11.8 Å².